The summed E-state index contributed by atoms with van der Waals surface area (Å²) in [4.78, 5) is 27.5. The van der Waals surface area contributed by atoms with Crippen LogP contribution < -0.4 is 5.32 Å². The van der Waals surface area contributed by atoms with Crippen molar-refractivity contribution >= 4 is 22.8 Å². The monoisotopic (exact) mass is 328 g/mol. The van der Waals surface area contributed by atoms with E-state index in [1.54, 1.807) is 18.2 Å². The van der Waals surface area contributed by atoms with Gasteiger partial charge in [0, 0.05) is 30.3 Å². The van der Waals surface area contributed by atoms with Crippen LogP contribution in [0.15, 0.2) is 53.4 Å². The maximum atomic E-state index is 14.0. The molecule has 7 heteroatoms. The molecule has 1 amide bonds. The summed E-state index contributed by atoms with van der Waals surface area (Å²) in [5, 5.41) is 12.2. The van der Waals surface area contributed by atoms with Gasteiger partial charge in [-0.2, -0.15) is 0 Å². The number of rotatable bonds is 5. The average molecular weight is 328 g/mol. The third-order valence-corrected chi connectivity index (χ3v) is 3.58. The van der Waals surface area contributed by atoms with Crippen LogP contribution in [0.3, 0.4) is 0 Å². The molecule has 0 saturated heterocycles. The minimum atomic E-state index is -1.20. The van der Waals surface area contributed by atoms with E-state index in [1.807, 2.05) is 0 Å². The van der Waals surface area contributed by atoms with Gasteiger partial charge in [0.05, 0.1) is 11.8 Å². The van der Waals surface area contributed by atoms with E-state index in [-0.39, 0.29) is 12.0 Å². The van der Waals surface area contributed by atoms with Crippen LogP contribution in [0.4, 0.5) is 4.39 Å². The molecule has 2 heterocycles. The molecule has 0 spiro atoms. The van der Waals surface area contributed by atoms with E-state index < -0.39 is 23.7 Å². The first-order chi connectivity index (χ1) is 11.5. The number of benzene rings is 1. The first-order valence-electron chi connectivity index (χ1n) is 7.14. The van der Waals surface area contributed by atoms with Crippen molar-refractivity contribution in [1.29, 1.82) is 0 Å². The molecule has 122 valence electrons. The molecule has 1 unspecified atom stereocenters. The van der Waals surface area contributed by atoms with Gasteiger partial charge in [-0.15, -0.1) is 0 Å². The number of amides is 1. The van der Waals surface area contributed by atoms with Crippen molar-refractivity contribution in [2.75, 3.05) is 0 Å². The standard InChI is InChI=1S/C17H13FN2O4/c18-13-9-15-11(3-6-24-15)8-12(13)16(21)20-14(17(22)23)7-10-1-4-19-5-2-10/h1-6,8-9,14H,7H2,(H,20,21)(H,22,23). The number of hydrogen-bond donors (Lipinski definition) is 2. The molecule has 0 aliphatic rings. The number of fused-ring (bicyclic) bond motifs is 1. The lowest BCUT2D eigenvalue weighted by molar-refractivity contribution is -0.139. The maximum absolute atomic E-state index is 14.0. The molecule has 6 nitrogen and oxygen atoms in total. The fraction of sp³-hybridized carbons (Fsp3) is 0.118. The van der Waals surface area contributed by atoms with E-state index in [4.69, 9.17) is 4.42 Å². The first-order valence-corrected chi connectivity index (χ1v) is 7.14. The van der Waals surface area contributed by atoms with Crippen LogP contribution in [-0.4, -0.2) is 28.0 Å². The summed E-state index contributed by atoms with van der Waals surface area (Å²) in [6.07, 6.45) is 4.51. The Bertz CT molecular complexity index is 892. The number of nitrogens with zero attached hydrogens (tertiary/aromatic N) is 1. The van der Waals surface area contributed by atoms with Crippen LogP contribution in [-0.2, 0) is 11.2 Å². The molecule has 3 rings (SSSR count). The SMILES string of the molecule is O=C(NC(Cc1ccncc1)C(=O)O)c1cc2ccoc2cc1F. The molecule has 0 saturated carbocycles. The number of carbonyl (C=O) groups is 2. The Balaban J connectivity index is 1.82. The van der Waals surface area contributed by atoms with E-state index in [9.17, 15) is 19.1 Å². The molecule has 0 bridgehead atoms. The largest absolute Gasteiger partial charge is 0.480 e. The highest BCUT2D eigenvalue weighted by molar-refractivity contribution is 5.99. The molecule has 2 N–H and O–H groups in total. The van der Waals surface area contributed by atoms with E-state index in [1.165, 1.54) is 24.7 Å². The fourth-order valence-corrected chi connectivity index (χ4v) is 2.35. The average Bonchev–Trinajstić information content (AvgIpc) is 3.01. The van der Waals surface area contributed by atoms with E-state index in [0.29, 0.717) is 16.5 Å². The summed E-state index contributed by atoms with van der Waals surface area (Å²) in [6.45, 7) is 0. The van der Waals surface area contributed by atoms with Gasteiger partial charge in [0.15, 0.2) is 0 Å². The summed E-state index contributed by atoms with van der Waals surface area (Å²) in [7, 11) is 0. The predicted octanol–water partition coefficient (Wildman–Crippen LogP) is 2.39. The second-order valence-electron chi connectivity index (χ2n) is 5.21. The fourth-order valence-electron chi connectivity index (χ4n) is 2.35. The molecule has 0 aliphatic carbocycles. The molecular weight excluding hydrogens is 315 g/mol. The number of nitrogens with one attached hydrogen (secondary N) is 1. The Morgan fingerprint density at radius 3 is 2.71 bits per heavy atom. The molecule has 1 aromatic carbocycles. The van der Waals surface area contributed by atoms with Crippen LogP contribution in [0.5, 0.6) is 0 Å². The molecule has 0 fully saturated rings. The van der Waals surface area contributed by atoms with Gasteiger partial charge in [-0.05, 0) is 29.8 Å². The van der Waals surface area contributed by atoms with Gasteiger partial charge in [-0.3, -0.25) is 9.78 Å². The minimum Gasteiger partial charge on any atom is -0.480 e. The Kier molecular flexibility index (Phi) is 4.24. The number of halogens is 1. The third-order valence-electron chi connectivity index (χ3n) is 3.58. The first kappa shape index (κ1) is 15.7. The summed E-state index contributed by atoms with van der Waals surface area (Å²) in [5.41, 5.74) is 0.781. The third kappa shape index (κ3) is 3.24. The normalized spacial score (nSPS) is 12.0. The number of aliphatic carboxylic acids is 1. The Hall–Kier alpha value is -3.22. The summed E-state index contributed by atoms with van der Waals surface area (Å²) in [5.74, 6) is -2.77. The topological polar surface area (TPSA) is 92.4 Å². The van der Waals surface area contributed by atoms with Crippen molar-refractivity contribution in [2.45, 2.75) is 12.5 Å². The van der Waals surface area contributed by atoms with Crippen molar-refractivity contribution < 1.29 is 23.5 Å². The van der Waals surface area contributed by atoms with Crippen molar-refractivity contribution in [3.63, 3.8) is 0 Å². The molecule has 24 heavy (non-hydrogen) atoms. The van der Waals surface area contributed by atoms with E-state index >= 15 is 0 Å². The molecule has 3 aromatic rings. The number of hydrogen-bond acceptors (Lipinski definition) is 4. The predicted molar refractivity (Wildman–Crippen MR) is 83.0 cm³/mol. The Morgan fingerprint density at radius 1 is 1.25 bits per heavy atom. The van der Waals surface area contributed by atoms with Crippen molar-refractivity contribution in [2.24, 2.45) is 0 Å². The molecule has 0 aliphatic heterocycles. The van der Waals surface area contributed by atoms with Gasteiger partial charge >= 0.3 is 5.97 Å². The van der Waals surface area contributed by atoms with Crippen LogP contribution in [0, 0.1) is 5.82 Å². The molecule has 1 atom stereocenters. The molecule has 0 radical (unpaired) electrons. The van der Waals surface area contributed by atoms with Crippen LogP contribution in [0.1, 0.15) is 15.9 Å². The van der Waals surface area contributed by atoms with Crippen molar-refractivity contribution in [3.05, 3.63) is 65.9 Å². The lowest BCUT2D eigenvalue weighted by Crippen LogP contribution is -2.42. The quantitative estimate of drug-likeness (QED) is 0.750. The number of carboxylic acids is 1. The Labute approximate surface area is 135 Å². The van der Waals surface area contributed by atoms with Crippen LogP contribution in [0.25, 0.3) is 11.0 Å². The number of aromatic nitrogens is 1. The van der Waals surface area contributed by atoms with Gasteiger partial charge < -0.3 is 14.8 Å². The second kappa shape index (κ2) is 6.49. The van der Waals surface area contributed by atoms with E-state index in [2.05, 4.69) is 10.3 Å². The lowest BCUT2D eigenvalue weighted by Gasteiger charge is -2.15. The Morgan fingerprint density at radius 2 is 2.00 bits per heavy atom. The van der Waals surface area contributed by atoms with Gasteiger partial charge in [0.25, 0.3) is 5.91 Å². The van der Waals surface area contributed by atoms with Gasteiger partial charge in [-0.25, -0.2) is 9.18 Å². The van der Waals surface area contributed by atoms with E-state index in [0.717, 1.165) is 6.07 Å². The number of carboxylic acid groups (broad SMARTS) is 1. The smallest absolute Gasteiger partial charge is 0.326 e. The lowest BCUT2D eigenvalue weighted by atomic mass is 10.1. The van der Waals surface area contributed by atoms with Crippen LogP contribution >= 0.6 is 0 Å². The number of carbonyl (C=O) groups excluding carboxylic acids is 1. The zero-order valence-corrected chi connectivity index (χ0v) is 12.4. The summed E-state index contributed by atoms with van der Waals surface area (Å²) in [6, 6.07) is 6.15. The maximum Gasteiger partial charge on any atom is 0.326 e. The minimum absolute atomic E-state index is 0.0686. The number of pyridine rings is 1. The van der Waals surface area contributed by atoms with Crippen LogP contribution in [0.2, 0.25) is 0 Å². The zero-order valence-electron chi connectivity index (χ0n) is 12.4. The summed E-state index contributed by atoms with van der Waals surface area (Å²) < 4.78 is 19.1. The van der Waals surface area contributed by atoms with Gasteiger partial charge in [0.2, 0.25) is 0 Å². The van der Waals surface area contributed by atoms with Gasteiger partial charge in [-0.1, -0.05) is 0 Å². The second-order valence-corrected chi connectivity index (χ2v) is 5.21. The molecular formula is C17H13FN2O4. The van der Waals surface area contributed by atoms with Gasteiger partial charge in [0.1, 0.15) is 17.4 Å². The summed E-state index contributed by atoms with van der Waals surface area (Å²) >= 11 is 0. The highest BCUT2D eigenvalue weighted by Crippen LogP contribution is 2.20. The highest BCUT2D eigenvalue weighted by atomic mass is 19.1. The van der Waals surface area contributed by atoms with Crippen molar-refractivity contribution in [3.8, 4) is 0 Å². The number of furan rings is 1. The molecule has 2 aromatic heterocycles. The highest BCUT2D eigenvalue weighted by Gasteiger charge is 2.23. The zero-order chi connectivity index (χ0) is 17.1. The van der Waals surface area contributed by atoms with Crippen molar-refractivity contribution in [1.82, 2.24) is 10.3 Å².